The summed E-state index contributed by atoms with van der Waals surface area (Å²) in [6, 6.07) is 23.9. The summed E-state index contributed by atoms with van der Waals surface area (Å²) >= 11 is 0. The van der Waals surface area contributed by atoms with Crippen LogP contribution in [0, 0.1) is 0 Å². The maximum Gasteiger partial charge on any atom is 0.309 e. The topological polar surface area (TPSA) is 123 Å². The number of aromatic nitrogens is 3. The van der Waals surface area contributed by atoms with Crippen molar-refractivity contribution in [1.82, 2.24) is 25.6 Å². The Balaban J connectivity index is 1.54. The van der Waals surface area contributed by atoms with Crippen LogP contribution >= 0.6 is 0 Å². The van der Waals surface area contributed by atoms with Crippen molar-refractivity contribution in [2.45, 2.75) is 4.90 Å². The molecular formula is C23H19N5O4S. The van der Waals surface area contributed by atoms with Gasteiger partial charge in [0.05, 0.1) is 10.6 Å². The second-order valence-electron chi connectivity index (χ2n) is 7.08. The number of para-hydroxylation sites is 1. The van der Waals surface area contributed by atoms with Gasteiger partial charge in [-0.2, -0.15) is 0 Å². The van der Waals surface area contributed by atoms with Crippen LogP contribution in [-0.4, -0.2) is 41.3 Å². The monoisotopic (exact) mass is 461 g/mol. The third kappa shape index (κ3) is 4.96. The number of hydrogen-bond acceptors (Lipinski definition) is 6. The fourth-order valence-corrected chi connectivity index (χ4v) is 3.66. The van der Waals surface area contributed by atoms with E-state index < -0.39 is 21.7 Å². The van der Waals surface area contributed by atoms with Gasteiger partial charge in [-0.05, 0) is 36.4 Å². The molecule has 0 aliphatic rings. The Bertz CT molecular complexity index is 1340. The number of nitrogens with one attached hydrogen (secondary N) is 2. The molecule has 4 rings (SSSR count). The predicted octanol–water partition coefficient (Wildman–Crippen LogP) is 2.41. The van der Waals surface area contributed by atoms with E-state index in [0.717, 1.165) is 17.5 Å². The molecule has 1 aromatic heterocycles. The Hall–Kier alpha value is -4.31. The molecule has 0 fully saturated rings. The summed E-state index contributed by atoms with van der Waals surface area (Å²) in [5.74, 6) is -0.989. The Morgan fingerprint density at radius 3 is 1.97 bits per heavy atom. The highest BCUT2D eigenvalue weighted by Gasteiger charge is 2.19. The van der Waals surface area contributed by atoms with Gasteiger partial charge in [-0.25, -0.2) is 18.1 Å². The Kier molecular flexibility index (Phi) is 6.01. The van der Waals surface area contributed by atoms with Crippen molar-refractivity contribution in [3.05, 3.63) is 96.3 Å². The fraction of sp³-hybridized carbons (Fsp3) is 0.0435. The van der Waals surface area contributed by atoms with E-state index in [0.29, 0.717) is 5.82 Å². The average molecular weight is 462 g/mol. The number of nitrogens with zero attached hydrogens (tertiary/aromatic N) is 3. The predicted molar refractivity (Wildman–Crippen MR) is 121 cm³/mol. The molecule has 33 heavy (non-hydrogen) atoms. The lowest BCUT2D eigenvalue weighted by molar-refractivity contribution is 0.0841. The lowest BCUT2D eigenvalue weighted by Gasteiger charge is -2.06. The summed E-state index contributed by atoms with van der Waals surface area (Å²) in [5, 5.41) is 4.32. The molecule has 0 aliphatic carbocycles. The van der Waals surface area contributed by atoms with Gasteiger partial charge < -0.3 is 0 Å². The zero-order valence-electron chi connectivity index (χ0n) is 17.5. The van der Waals surface area contributed by atoms with E-state index >= 15 is 0 Å². The molecule has 166 valence electrons. The van der Waals surface area contributed by atoms with E-state index in [2.05, 4.69) is 20.9 Å². The van der Waals surface area contributed by atoms with Crippen LogP contribution in [0.1, 0.15) is 21.0 Å². The Labute approximate surface area is 190 Å². The molecule has 10 heteroatoms. The van der Waals surface area contributed by atoms with Crippen molar-refractivity contribution in [2.24, 2.45) is 0 Å². The molecule has 0 atom stereocenters. The summed E-state index contributed by atoms with van der Waals surface area (Å²) in [5.41, 5.74) is 6.24. The van der Waals surface area contributed by atoms with Crippen molar-refractivity contribution in [1.29, 1.82) is 0 Å². The second-order valence-corrected chi connectivity index (χ2v) is 9.09. The fourth-order valence-electron chi connectivity index (χ4n) is 3.03. The molecule has 4 aromatic rings. The zero-order valence-corrected chi connectivity index (χ0v) is 18.3. The van der Waals surface area contributed by atoms with Crippen molar-refractivity contribution >= 4 is 21.7 Å². The third-order valence-electron chi connectivity index (χ3n) is 4.68. The molecule has 0 unspecified atom stereocenters. The SMILES string of the molecule is CS(=O)(=O)c1ccc(C(=O)NNC(=O)c2nc(-c3ccccc3)n(-c3ccccc3)n2)cc1. The molecular weight excluding hydrogens is 442 g/mol. The van der Waals surface area contributed by atoms with Crippen molar-refractivity contribution < 1.29 is 18.0 Å². The lowest BCUT2D eigenvalue weighted by Crippen LogP contribution is -2.42. The Morgan fingerprint density at radius 1 is 0.788 bits per heavy atom. The molecule has 9 nitrogen and oxygen atoms in total. The molecule has 0 saturated heterocycles. The van der Waals surface area contributed by atoms with E-state index in [1.54, 1.807) is 4.68 Å². The first-order valence-electron chi connectivity index (χ1n) is 9.81. The number of carbonyl (C=O) groups excluding carboxylic acids is 2. The minimum atomic E-state index is -3.37. The number of hydrazine groups is 1. The highest BCUT2D eigenvalue weighted by atomic mass is 32.2. The molecule has 0 bridgehead atoms. The molecule has 0 radical (unpaired) electrons. The van der Waals surface area contributed by atoms with Gasteiger partial charge in [0.2, 0.25) is 5.82 Å². The highest BCUT2D eigenvalue weighted by molar-refractivity contribution is 7.90. The van der Waals surface area contributed by atoms with Gasteiger partial charge in [-0.15, -0.1) is 5.10 Å². The van der Waals surface area contributed by atoms with Crippen LogP contribution in [0.2, 0.25) is 0 Å². The van der Waals surface area contributed by atoms with Gasteiger partial charge in [0.25, 0.3) is 5.91 Å². The summed E-state index contributed by atoms with van der Waals surface area (Å²) < 4.78 is 24.6. The minimum absolute atomic E-state index is 0.0900. The van der Waals surface area contributed by atoms with Crippen LogP contribution < -0.4 is 10.9 Å². The number of hydrogen-bond donors (Lipinski definition) is 2. The summed E-state index contributed by atoms with van der Waals surface area (Å²) in [6.45, 7) is 0. The summed E-state index contributed by atoms with van der Waals surface area (Å²) in [4.78, 5) is 29.4. The van der Waals surface area contributed by atoms with Crippen molar-refractivity contribution in [2.75, 3.05) is 6.26 Å². The second kappa shape index (κ2) is 9.05. The largest absolute Gasteiger partial charge is 0.309 e. The maximum atomic E-state index is 12.7. The van der Waals surface area contributed by atoms with Crippen molar-refractivity contribution in [3.8, 4) is 17.1 Å². The third-order valence-corrected chi connectivity index (χ3v) is 5.81. The first-order valence-corrected chi connectivity index (χ1v) is 11.7. The molecule has 0 saturated carbocycles. The number of sulfone groups is 1. The molecule has 0 spiro atoms. The minimum Gasteiger partial charge on any atom is -0.267 e. The van der Waals surface area contributed by atoms with E-state index in [1.807, 2.05) is 60.7 Å². The van der Waals surface area contributed by atoms with E-state index in [4.69, 9.17) is 0 Å². The van der Waals surface area contributed by atoms with Gasteiger partial charge >= 0.3 is 5.91 Å². The highest BCUT2D eigenvalue weighted by Crippen LogP contribution is 2.21. The first kappa shape index (κ1) is 21.9. The van der Waals surface area contributed by atoms with Gasteiger partial charge in [-0.3, -0.25) is 20.4 Å². The standard InChI is InChI=1S/C23H19N5O4S/c1-33(31,32)19-14-12-17(13-15-19)22(29)25-26-23(30)20-24-21(16-8-4-2-5-9-16)28(27-20)18-10-6-3-7-11-18/h2-15H,1H3,(H,25,29)(H,26,30). The van der Waals surface area contributed by atoms with Crippen LogP contribution in [0.25, 0.3) is 17.1 Å². The van der Waals surface area contributed by atoms with Crippen LogP contribution in [0.4, 0.5) is 0 Å². The number of rotatable bonds is 5. The molecule has 2 N–H and O–H groups in total. The van der Waals surface area contributed by atoms with Gasteiger partial charge in [0.15, 0.2) is 15.7 Å². The average Bonchev–Trinajstić information content (AvgIpc) is 3.29. The normalized spacial score (nSPS) is 11.1. The van der Waals surface area contributed by atoms with E-state index in [1.165, 1.54) is 24.3 Å². The van der Waals surface area contributed by atoms with Crippen LogP contribution in [0.15, 0.2) is 89.8 Å². The molecule has 3 aromatic carbocycles. The number of amides is 2. The van der Waals surface area contributed by atoms with E-state index in [9.17, 15) is 18.0 Å². The lowest BCUT2D eigenvalue weighted by atomic mass is 10.2. The van der Waals surface area contributed by atoms with E-state index in [-0.39, 0.29) is 16.3 Å². The number of benzene rings is 3. The quantitative estimate of drug-likeness (QED) is 0.440. The van der Waals surface area contributed by atoms with Crippen LogP contribution in [0.5, 0.6) is 0 Å². The number of carbonyl (C=O) groups is 2. The van der Waals surface area contributed by atoms with Crippen LogP contribution in [-0.2, 0) is 9.84 Å². The first-order chi connectivity index (χ1) is 15.8. The van der Waals surface area contributed by atoms with Gasteiger partial charge in [-0.1, -0.05) is 48.5 Å². The van der Waals surface area contributed by atoms with Crippen molar-refractivity contribution in [3.63, 3.8) is 0 Å². The molecule has 2 amide bonds. The summed E-state index contributed by atoms with van der Waals surface area (Å²) in [6.07, 6.45) is 1.08. The van der Waals surface area contributed by atoms with Crippen LogP contribution in [0.3, 0.4) is 0 Å². The summed E-state index contributed by atoms with van der Waals surface area (Å²) in [7, 11) is -3.37. The smallest absolute Gasteiger partial charge is 0.267 e. The zero-order chi connectivity index (χ0) is 23.4. The van der Waals surface area contributed by atoms with Gasteiger partial charge in [0.1, 0.15) is 0 Å². The molecule has 0 aliphatic heterocycles. The maximum absolute atomic E-state index is 12.7. The van der Waals surface area contributed by atoms with Gasteiger partial charge in [0, 0.05) is 17.4 Å². The molecule has 1 heterocycles. The Morgan fingerprint density at radius 2 is 1.36 bits per heavy atom.